The zero-order chi connectivity index (χ0) is 14.8. The van der Waals surface area contributed by atoms with Crippen LogP contribution < -0.4 is 5.73 Å². The molecule has 108 valence electrons. The maximum atomic E-state index is 12.6. The van der Waals surface area contributed by atoms with Crippen LogP contribution in [0.15, 0.2) is 41.3 Å². The highest BCUT2D eigenvalue weighted by Crippen LogP contribution is 2.29. The zero-order valence-corrected chi connectivity index (χ0v) is 12.7. The molecule has 0 fully saturated rings. The molecule has 0 amide bonds. The van der Waals surface area contributed by atoms with Gasteiger partial charge in [0, 0.05) is 30.1 Å². The molecule has 5 heteroatoms. The van der Waals surface area contributed by atoms with E-state index in [-0.39, 0.29) is 0 Å². The molecule has 4 nitrogen and oxygen atoms in total. The van der Waals surface area contributed by atoms with Gasteiger partial charge in [0.15, 0.2) is 0 Å². The molecule has 2 rings (SSSR count). The number of hydrogen-bond acceptors (Lipinski definition) is 3. The normalized spacial score (nSPS) is 12.2. The van der Waals surface area contributed by atoms with Gasteiger partial charge in [-0.2, -0.15) is 0 Å². The summed E-state index contributed by atoms with van der Waals surface area (Å²) in [7, 11) is -1.86. The van der Waals surface area contributed by atoms with Gasteiger partial charge in [0.05, 0.1) is 4.90 Å². The molecule has 0 unspecified atom stereocenters. The van der Waals surface area contributed by atoms with Crippen LogP contribution in [0.25, 0.3) is 10.8 Å². The first-order valence-corrected chi connectivity index (χ1v) is 8.16. The second-order valence-electron chi connectivity index (χ2n) is 4.88. The Morgan fingerprint density at radius 2 is 1.75 bits per heavy atom. The van der Waals surface area contributed by atoms with Crippen molar-refractivity contribution in [2.45, 2.75) is 24.7 Å². The first kappa shape index (κ1) is 14.8. The maximum absolute atomic E-state index is 12.6. The fraction of sp³-hybridized carbons (Fsp3) is 0.333. The lowest BCUT2D eigenvalue weighted by atomic mass is 10.1. The average Bonchev–Trinajstić information content (AvgIpc) is 2.45. The van der Waals surface area contributed by atoms with Crippen LogP contribution in [0.3, 0.4) is 0 Å². The van der Waals surface area contributed by atoms with Crippen LogP contribution in [-0.2, 0) is 10.0 Å². The Hall–Kier alpha value is -1.59. The number of rotatable bonds is 5. The predicted molar refractivity (Wildman–Crippen MR) is 83.1 cm³/mol. The summed E-state index contributed by atoms with van der Waals surface area (Å²) in [5.41, 5.74) is 6.51. The van der Waals surface area contributed by atoms with Crippen molar-refractivity contribution in [2.75, 3.05) is 19.3 Å². The molecule has 0 radical (unpaired) electrons. The SMILES string of the molecule is CCCCN(C)S(=O)(=O)c1ccc(N)c2ccccc12. The standard InChI is InChI=1S/C15H20N2O2S/c1-3-4-11-17(2)20(18,19)15-10-9-14(16)12-7-5-6-8-13(12)15/h5-10H,3-4,11,16H2,1-2H3. The molecule has 0 aromatic heterocycles. The van der Waals surface area contributed by atoms with Gasteiger partial charge in [-0.25, -0.2) is 12.7 Å². The smallest absolute Gasteiger partial charge is 0.243 e. The highest BCUT2D eigenvalue weighted by atomic mass is 32.2. The van der Waals surface area contributed by atoms with Gasteiger partial charge in [0.1, 0.15) is 0 Å². The molecule has 2 aromatic rings. The molecular formula is C15H20N2O2S. The fourth-order valence-electron chi connectivity index (χ4n) is 2.19. The lowest BCUT2D eigenvalue weighted by Crippen LogP contribution is -2.28. The topological polar surface area (TPSA) is 63.4 Å². The average molecular weight is 292 g/mol. The van der Waals surface area contributed by atoms with Crippen LogP contribution in [0.2, 0.25) is 0 Å². The number of benzene rings is 2. The van der Waals surface area contributed by atoms with E-state index in [4.69, 9.17) is 5.73 Å². The number of unbranched alkanes of at least 4 members (excludes halogenated alkanes) is 1. The minimum atomic E-state index is -3.48. The molecule has 0 heterocycles. The summed E-state index contributed by atoms with van der Waals surface area (Å²) in [6, 6.07) is 10.6. The molecule has 0 aliphatic heterocycles. The molecule has 0 saturated carbocycles. The Morgan fingerprint density at radius 1 is 1.10 bits per heavy atom. The lowest BCUT2D eigenvalue weighted by molar-refractivity contribution is 0.460. The molecule has 0 saturated heterocycles. The highest BCUT2D eigenvalue weighted by molar-refractivity contribution is 7.89. The van der Waals surface area contributed by atoms with E-state index in [1.54, 1.807) is 25.2 Å². The van der Waals surface area contributed by atoms with E-state index in [1.165, 1.54) is 4.31 Å². The van der Waals surface area contributed by atoms with Gasteiger partial charge < -0.3 is 5.73 Å². The maximum Gasteiger partial charge on any atom is 0.243 e. The van der Waals surface area contributed by atoms with Gasteiger partial charge in [0.25, 0.3) is 0 Å². The first-order chi connectivity index (χ1) is 9.48. The van der Waals surface area contributed by atoms with Gasteiger partial charge in [-0.15, -0.1) is 0 Å². The summed E-state index contributed by atoms with van der Waals surface area (Å²) in [4.78, 5) is 0.320. The van der Waals surface area contributed by atoms with Crippen LogP contribution in [0, 0.1) is 0 Å². The summed E-state index contributed by atoms with van der Waals surface area (Å²) < 4.78 is 26.7. The van der Waals surface area contributed by atoms with Gasteiger partial charge in [-0.1, -0.05) is 37.6 Å². The summed E-state index contributed by atoms with van der Waals surface area (Å²) >= 11 is 0. The number of sulfonamides is 1. The largest absolute Gasteiger partial charge is 0.398 e. The fourth-order valence-corrected chi connectivity index (χ4v) is 3.59. The van der Waals surface area contributed by atoms with Crippen LogP contribution in [0.4, 0.5) is 5.69 Å². The second-order valence-corrected chi connectivity index (χ2v) is 6.89. The van der Waals surface area contributed by atoms with Gasteiger partial charge in [-0.3, -0.25) is 0 Å². The minimum absolute atomic E-state index is 0.320. The molecule has 2 aromatic carbocycles. The third-order valence-corrected chi connectivity index (χ3v) is 5.35. The first-order valence-electron chi connectivity index (χ1n) is 6.72. The van der Waals surface area contributed by atoms with Crippen molar-refractivity contribution in [3.63, 3.8) is 0 Å². The van der Waals surface area contributed by atoms with Crippen LogP contribution in [0.5, 0.6) is 0 Å². The lowest BCUT2D eigenvalue weighted by Gasteiger charge is -2.18. The summed E-state index contributed by atoms with van der Waals surface area (Å²) in [5.74, 6) is 0. The molecule has 0 aliphatic carbocycles. The molecule has 20 heavy (non-hydrogen) atoms. The van der Waals surface area contributed by atoms with Crippen molar-refractivity contribution >= 4 is 26.5 Å². The van der Waals surface area contributed by atoms with E-state index in [0.717, 1.165) is 18.2 Å². The van der Waals surface area contributed by atoms with Crippen molar-refractivity contribution in [1.29, 1.82) is 0 Å². The van der Waals surface area contributed by atoms with Gasteiger partial charge in [0.2, 0.25) is 10.0 Å². The predicted octanol–water partition coefficient (Wildman–Crippen LogP) is 2.84. The van der Waals surface area contributed by atoms with Gasteiger partial charge >= 0.3 is 0 Å². The monoisotopic (exact) mass is 292 g/mol. The third-order valence-electron chi connectivity index (χ3n) is 3.43. The number of nitrogens with two attached hydrogens (primary N) is 1. The van der Waals surface area contributed by atoms with Crippen molar-refractivity contribution in [2.24, 2.45) is 0 Å². The Labute approximate surface area is 120 Å². The van der Waals surface area contributed by atoms with E-state index < -0.39 is 10.0 Å². The molecule has 0 bridgehead atoms. The Kier molecular flexibility index (Phi) is 4.30. The summed E-state index contributed by atoms with van der Waals surface area (Å²) in [6.45, 7) is 2.57. The van der Waals surface area contributed by atoms with Gasteiger partial charge in [-0.05, 0) is 18.6 Å². The Morgan fingerprint density at radius 3 is 2.40 bits per heavy atom. The summed E-state index contributed by atoms with van der Waals surface area (Å²) in [6.07, 6.45) is 1.81. The van der Waals surface area contributed by atoms with Crippen LogP contribution in [0.1, 0.15) is 19.8 Å². The van der Waals surface area contributed by atoms with Crippen molar-refractivity contribution < 1.29 is 8.42 Å². The Balaban J connectivity index is 2.55. The van der Waals surface area contributed by atoms with Crippen molar-refractivity contribution in [1.82, 2.24) is 4.31 Å². The second kappa shape index (κ2) is 5.81. The minimum Gasteiger partial charge on any atom is -0.398 e. The number of nitrogen functional groups attached to an aromatic ring is 1. The van der Waals surface area contributed by atoms with E-state index in [1.807, 2.05) is 25.1 Å². The molecule has 2 N–H and O–H groups in total. The third kappa shape index (κ3) is 2.64. The number of anilines is 1. The molecule has 0 aliphatic rings. The van der Waals surface area contributed by atoms with Crippen LogP contribution >= 0.6 is 0 Å². The summed E-state index contributed by atoms with van der Waals surface area (Å²) in [5, 5.41) is 1.45. The quantitative estimate of drug-likeness (QED) is 0.862. The van der Waals surface area contributed by atoms with Crippen LogP contribution in [-0.4, -0.2) is 26.3 Å². The zero-order valence-electron chi connectivity index (χ0n) is 11.8. The molecule has 0 atom stereocenters. The molecule has 0 spiro atoms. The number of nitrogens with zero attached hydrogens (tertiary/aromatic N) is 1. The van der Waals surface area contributed by atoms with E-state index in [2.05, 4.69) is 0 Å². The Bertz CT molecular complexity index is 711. The van der Waals surface area contributed by atoms with E-state index >= 15 is 0 Å². The highest BCUT2D eigenvalue weighted by Gasteiger charge is 2.22. The number of fused-ring (bicyclic) bond motifs is 1. The van der Waals surface area contributed by atoms with Crippen molar-refractivity contribution in [3.05, 3.63) is 36.4 Å². The molecular weight excluding hydrogens is 272 g/mol. The van der Waals surface area contributed by atoms with E-state index in [9.17, 15) is 8.42 Å². The number of hydrogen-bond donors (Lipinski definition) is 1. The van der Waals surface area contributed by atoms with Crippen molar-refractivity contribution in [3.8, 4) is 0 Å². The van der Waals surface area contributed by atoms with E-state index in [0.29, 0.717) is 22.5 Å².